The Bertz CT molecular complexity index is 2610. The summed E-state index contributed by atoms with van der Waals surface area (Å²) in [6, 6.07) is 10.8. The van der Waals surface area contributed by atoms with E-state index < -0.39 is 78.0 Å². The van der Waals surface area contributed by atoms with E-state index in [1.54, 1.807) is 6.92 Å². The summed E-state index contributed by atoms with van der Waals surface area (Å²) in [6.07, 6.45) is -13.1. The van der Waals surface area contributed by atoms with Gasteiger partial charge >= 0.3 is 24.2 Å². The third-order valence-corrected chi connectivity index (χ3v) is 14.6. The summed E-state index contributed by atoms with van der Waals surface area (Å²) in [7, 11) is -7.85. The van der Waals surface area contributed by atoms with E-state index in [9.17, 15) is 48.6 Å². The number of fused-ring (bicyclic) bond motifs is 6. The Morgan fingerprint density at radius 3 is 1.78 bits per heavy atom. The number of hydrogen-bond acceptors (Lipinski definition) is 4. The Morgan fingerprint density at radius 1 is 0.733 bits per heavy atom. The van der Waals surface area contributed by atoms with Crippen LogP contribution in [0.25, 0.3) is 21.8 Å². The van der Waals surface area contributed by atoms with E-state index in [4.69, 9.17) is 50.8 Å². The Labute approximate surface area is 357 Å². The van der Waals surface area contributed by atoms with Gasteiger partial charge in [-0.1, -0.05) is 64.1 Å². The van der Waals surface area contributed by atoms with Gasteiger partial charge in [0.1, 0.15) is 0 Å². The molecule has 0 aliphatic heterocycles. The van der Waals surface area contributed by atoms with E-state index in [0.29, 0.717) is 9.36 Å². The van der Waals surface area contributed by atoms with Crippen LogP contribution in [0, 0.1) is 6.92 Å². The minimum Gasteiger partial charge on any atom is -0.401 e. The monoisotopic (exact) mass is 972 g/mol. The summed E-state index contributed by atoms with van der Waals surface area (Å²) in [5.74, 6) is -10.7. The van der Waals surface area contributed by atoms with Crippen molar-refractivity contribution in [1.29, 1.82) is 0 Å². The Balaban J connectivity index is 0.000000224. The maximum atomic E-state index is 15.7. The molecular formula is C38H34Cl4F10N2O4SSi. The van der Waals surface area contributed by atoms with Crippen molar-refractivity contribution < 1.29 is 61.9 Å². The van der Waals surface area contributed by atoms with Gasteiger partial charge in [-0.3, -0.25) is 0 Å². The minimum atomic E-state index is -6.02. The van der Waals surface area contributed by atoms with Gasteiger partial charge in [-0.15, -0.1) is 0 Å². The zero-order valence-corrected chi connectivity index (χ0v) is 36.5. The lowest BCUT2D eigenvalue weighted by molar-refractivity contribution is -0.349. The van der Waals surface area contributed by atoms with Gasteiger partial charge in [0.2, 0.25) is 0 Å². The second-order valence-corrected chi connectivity index (χ2v) is 23.6. The van der Waals surface area contributed by atoms with Crippen LogP contribution in [0.4, 0.5) is 43.9 Å². The van der Waals surface area contributed by atoms with Gasteiger partial charge in [0.15, 0.2) is 19.5 Å². The molecule has 6 nitrogen and oxygen atoms in total. The standard InChI is InChI=1S/C24H24Cl2F5NO3SSi.C14H10Cl2F5NO/c1-14-7-9-15(10-8-14)36(33,34)32-20-13-19(26)18(25)12-17(20)16-6-5-11-22(21(16)32,35-37(2,3)4)23(27,28)24(29,30)31;15-8-4-7-6-2-1-3-12(23,13(17,18)14(19,20)21)11(6)22-10(7)5-9(8)16/h7-10,12-13H,5-6,11H2,1-4H3;4-5,22-23H,1-3H2. The number of benzene rings is 3. The Hall–Kier alpha value is -2.71. The van der Waals surface area contributed by atoms with Crippen molar-refractivity contribution in [3.05, 3.63) is 96.7 Å². The van der Waals surface area contributed by atoms with Gasteiger partial charge in [0.05, 0.1) is 41.9 Å². The van der Waals surface area contributed by atoms with E-state index in [1.165, 1.54) is 68.2 Å². The van der Waals surface area contributed by atoms with Crippen molar-refractivity contribution in [3.8, 4) is 0 Å². The first kappa shape index (κ1) is 46.8. The van der Waals surface area contributed by atoms with E-state index in [-0.39, 0.29) is 78.2 Å². The number of nitrogens with zero attached hydrogens (tertiary/aromatic N) is 1. The molecule has 7 rings (SSSR count). The van der Waals surface area contributed by atoms with Crippen LogP contribution in [0.3, 0.4) is 0 Å². The molecule has 2 aromatic heterocycles. The van der Waals surface area contributed by atoms with Crippen molar-refractivity contribution in [2.24, 2.45) is 0 Å². The summed E-state index contributed by atoms with van der Waals surface area (Å²) in [4.78, 5) is 2.19. The lowest BCUT2D eigenvalue weighted by Gasteiger charge is -2.47. The van der Waals surface area contributed by atoms with Crippen LogP contribution in [0.5, 0.6) is 0 Å². The molecule has 2 N–H and O–H groups in total. The second kappa shape index (κ2) is 15.2. The van der Waals surface area contributed by atoms with Crippen molar-refractivity contribution >= 4 is 86.6 Å². The number of aliphatic hydroxyl groups is 1. The molecule has 0 amide bonds. The zero-order chi connectivity index (χ0) is 45.0. The number of halogens is 14. The van der Waals surface area contributed by atoms with Gasteiger partial charge in [0.25, 0.3) is 10.0 Å². The number of hydrogen-bond donors (Lipinski definition) is 2. The highest BCUT2D eigenvalue weighted by molar-refractivity contribution is 7.90. The topological polar surface area (TPSA) is 84.3 Å². The van der Waals surface area contributed by atoms with Gasteiger partial charge in [-0.05, 0) is 113 Å². The molecular weight excluding hydrogens is 940 g/mol. The molecule has 0 saturated heterocycles. The normalized spacial score (nSPS) is 20.5. The fourth-order valence-electron chi connectivity index (χ4n) is 7.95. The third-order valence-electron chi connectivity index (χ3n) is 10.5. The molecule has 0 fully saturated rings. The highest BCUT2D eigenvalue weighted by Crippen LogP contribution is 2.59. The van der Waals surface area contributed by atoms with Crippen molar-refractivity contribution in [3.63, 3.8) is 0 Å². The van der Waals surface area contributed by atoms with E-state index in [0.717, 1.165) is 5.56 Å². The number of aryl methyl sites for hydroxylation is 3. The number of rotatable bonds is 6. The third kappa shape index (κ3) is 7.51. The lowest BCUT2D eigenvalue weighted by Crippen LogP contribution is -2.61. The molecule has 60 heavy (non-hydrogen) atoms. The van der Waals surface area contributed by atoms with Crippen LogP contribution in [-0.4, -0.2) is 55.0 Å². The minimum absolute atomic E-state index is 0.00622. The van der Waals surface area contributed by atoms with Crippen molar-refractivity contribution in [1.82, 2.24) is 8.96 Å². The average Bonchev–Trinajstić information content (AvgIpc) is 3.64. The quantitative estimate of drug-likeness (QED) is 0.131. The Kier molecular flexibility index (Phi) is 11.9. The molecule has 2 aliphatic rings. The maximum absolute atomic E-state index is 15.7. The SMILES string of the molecule is Cc1ccc(S(=O)(=O)n2c3c(c4cc(Cl)c(Cl)cc42)CCCC3(O[Si](C)(C)C)C(F)(F)C(F)(F)F)cc1.OC1(C(F)(F)C(F)(F)F)CCCc2c1[nH]c1cc(Cl)c(Cl)cc21. The van der Waals surface area contributed by atoms with Crippen molar-refractivity contribution in [2.45, 2.75) is 105 Å². The highest BCUT2D eigenvalue weighted by Gasteiger charge is 2.74. The zero-order valence-electron chi connectivity index (χ0n) is 31.7. The summed E-state index contributed by atoms with van der Waals surface area (Å²) in [5.41, 5.74) is -6.86. The first-order valence-electron chi connectivity index (χ1n) is 18.0. The maximum Gasteiger partial charge on any atom is 0.456 e. The molecule has 2 aliphatic carbocycles. The first-order valence-corrected chi connectivity index (χ1v) is 24.4. The van der Waals surface area contributed by atoms with Gasteiger partial charge in [-0.2, -0.15) is 43.9 Å². The molecule has 2 unspecified atom stereocenters. The molecule has 0 bridgehead atoms. The smallest absolute Gasteiger partial charge is 0.401 e. The number of H-pyrrole nitrogens is 1. The van der Waals surface area contributed by atoms with Gasteiger partial charge in [-0.25, -0.2) is 12.4 Å². The van der Waals surface area contributed by atoms with Crippen LogP contribution in [-0.2, 0) is 38.5 Å². The number of aromatic amines is 1. The largest absolute Gasteiger partial charge is 0.456 e. The molecule has 328 valence electrons. The van der Waals surface area contributed by atoms with E-state index in [2.05, 4.69) is 4.98 Å². The van der Waals surface area contributed by atoms with Gasteiger partial charge < -0.3 is 14.5 Å². The average molecular weight is 975 g/mol. The fourth-order valence-corrected chi connectivity index (χ4v) is 11.6. The van der Waals surface area contributed by atoms with Crippen LogP contribution >= 0.6 is 46.4 Å². The lowest BCUT2D eigenvalue weighted by atomic mass is 9.78. The molecule has 0 saturated carbocycles. The van der Waals surface area contributed by atoms with Crippen LogP contribution in [0.1, 0.15) is 53.8 Å². The molecule has 3 aromatic carbocycles. The molecule has 0 spiro atoms. The Morgan fingerprint density at radius 2 is 1.23 bits per heavy atom. The predicted molar refractivity (Wildman–Crippen MR) is 212 cm³/mol. The first-order chi connectivity index (χ1) is 27.3. The molecule has 2 heterocycles. The predicted octanol–water partition coefficient (Wildman–Crippen LogP) is 13.3. The van der Waals surface area contributed by atoms with Crippen LogP contribution in [0.15, 0.2) is 53.4 Å². The number of alkyl halides is 10. The number of nitrogens with one attached hydrogen (secondary N) is 1. The summed E-state index contributed by atoms with van der Waals surface area (Å²) >= 11 is 24.1. The fraction of sp³-hybridized carbons (Fsp3) is 0.421. The summed E-state index contributed by atoms with van der Waals surface area (Å²) in [5, 5.41) is 11.0. The second-order valence-electron chi connectivity index (χ2n) is 15.7. The summed E-state index contributed by atoms with van der Waals surface area (Å²) < 4.78 is 174. The van der Waals surface area contributed by atoms with Gasteiger partial charge in [0, 0.05) is 16.3 Å². The van der Waals surface area contributed by atoms with Crippen LogP contribution < -0.4 is 0 Å². The highest BCUT2D eigenvalue weighted by atomic mass is 35.5. The summed E-state index contributed by atoms with van der Waals surface area (Å²) in [6.45, 7) is 6.15. The number of aromatic nitrogens is 2. The van der Waals surface area contributed by atoms with Crippen molar-refractivity contribution in [2.75, 3.05) is 0 Å². The molecule has 0 radical (unpaired) electrons. The molecule has 22 heteroatoms. The van der Waals surface area contributed by atoms with E-state index >= 15 is 8.78 Å². The van der Waals surface area contributed by atoms with E-state index in [1.807, 2.05) is 0 Å². The molecule has 2 atom stereocenters. The van der Waals surface area contributed by atoms with Crippen LogP contribution in [0.2, 0.25) is 39.7 Å². The molecule has 5 aromatic rings.